The van der Waals surface area contributed by atoms with Crippen molar-refractivity contribution in [2.75, 3.05) is 12.4 Å². The second-order valence-corrected chi connectivity index (χ2v) is 4.79. The molecule has 2 aromatic rings. The summed E-state index contributed by atoms with van der Waals surface area (Å²) in [6.07, 6.45) is 1.80. The Labute approximate surface area is 110 Å². The molecule has 18 heavy (non-hydrogen) atoms. The lowest BCUT2D eigenvalue weighted by Gasteiger charge is -2.06. The van der Waals surface area contributed by atoms with Crippen molar-refractivity contribution in [2.24, 2.45) is 0 Å². The lowest BCUT2D eigenvalue weighted by atomic mass is 10.2. The summed E-state index contributed by atoms with van der Waals surface area (Å²) in [5, 5.41) is 3.74. The maximum Gasteiger partial charge on any atom is 0.189 e. The van der Waals surface area contributed by atoms with Crippen LogP contribution in [-0.4, -0.2) is 17.0 Å². The second kappa shape index (κ2) is 5.82. The summed E-state index contributed by atoms with van der Waals surface area (Å²) >= 11 is 1.53. The Hall–Kier alpha value is -1.62. The van der Waals surface area contributed by atoms with E-state index in [0.717, 1.165) is 22.7 Å². The molecule has 2 rings (SSSR count). The highest BCUT2D eigenvalue weighted by atomic mass is 32.2. The normalized spacial score (nSPS) is 10.4. The van der Waals surface area contributed by atoms with Gasteiger partial charge in [0.2, 0.25) is 0 Å². The number of hydrogen-bond acceptors (Lipinski definition) is 4. The molecular formula is C13H14FN3S. The fourth-order valence-corrected chi connectivity index (χ4v) is 2.25. The van der Waals surface area contributed by atoms with Crippen LogP contribution in [0, 0.1) is 12.7 Å². The zero-order valence-corrected chi connectivity index (χ0v) is 11.1. The van der Waals surface area contributed by atoms with Gasteiger partial charge in [-0.3, -0.25) is 0 Å². The minimum absolute atomic E-state index is 0.215. The van der Waals surface area contributed by atoms with Gasteiger partial charge in [-0.05, 0) is 24.6 Å². The maximum absolute atomic E-state index is 12.8. The number of hydrogen-bond donors (Lipinski definition) is 1. The highest BCUT2D eigenvalue weighted by Crippen LogP contribution is 2.21. The van der Waals surface area contributed by atoms with Crippen molar-refractivity contribution in [1.82, 2.24) is 9.97 Å². The molecule has 0 saturated heterocycles. The zero-order chi connectivity index (χ0) is 13.0. The molecule has 3 nitrogen and oxygen atoms in total. The van der Waals surface area contributed by atoms with Crippen LogP contribution in [0.2, 0.25) is 0 Å². The summed E-state index contributed by atoms with van der Waals surface area (Å²) < 4.78 is 12.8. The molecule has 94 valence electrons. The third kappa shape index (κ3) is 3.20. The predicted octanol–water partition coefficient (Wildman–Crippen LogP) is 3.26. The van der Waals surface area contributed by atoms with Crippen LogP contribution in [0.4, 0.5) is 10.2 Å². The fraction of sp³-hybridized carbons (Fsp3) is 0.231. The molecule has 0 saturated carbocycles. The summed E-state index contributed by atoms with van der Waals surface area (Å²) in [7, 11) is 1.84. The first-order valence-electron chi connectivity index (χ1n) is 5.57. The number of halogens is 1. The first-order chi connectivity index (χ1) is 8.69. The summed E-state index contributed by atoms with van der Waals surface area (Å²) in [6.45, 7) is 1.96. The number of nitrogens with zero attached hydrogens (tertiary/aromatic N) is 2. The third-order valence-electron chi connectivity index (χ3n) is 2.47. The zero-order valence-electron chi connectivity index (χ0n) is 10.3. The number of nitrogens with one attached hydrogen (secondary N) is 1. The molecule has 5 heteroatoms. The van der Waals surface area contributed by atoms with Crippen molar-refractivity contribution < 1.29 is 4.39 Å². The quantitative estimate of drug-likeness (QED) is 0.678. The number of aromatic nitrogens is 2. The summed E-state index contributed by atoms with van der Waals surface area (Å²) in [4.78, 5) is 8.65. The van der Waals surface area contributed by atoms with Crippen LogP contribution in [0.5, 0.6) is 0 Å². The van der Waals surface area contributed by atoms with Crippen LogP contribution in [0.1, 0.15) is 11.1 Å². The van der Waals surface area contributed by atoms with Gasteiger partial charge in [0.15, 0.2) is 5.16 Å². The molecule has 0 spiro atoms. The van der Waals surface area contributed by atoms with Gasteiger partial charge in [0.1, 0.15) is 11.6 Å². The average Bonchev–Trinajstić information content (AvgIpc) is 2.39. The van der Waals surface area contributed by atoms with E-state index in [1.165, 1.54) is 23.9 Å². The van der Waals surface area contributed by atoms with E-state index in [1.54, 1.807) is 18.3 Å². The van der Waals surface area contributed by atoms with Crippen LogP contribution in [-0.2, 0) is 5.75 Å². The molecule has 0 unspecified atom stereocenters. The van der Waals surface area contributed by atoms with Gasteiger partial charge < -0.3 is 5.32 Å². The number of anilines is 1. The van der Waals surface area contributed by atoms with Gasteiger partial charge >= 0.3 is 0 Å². The number of benzene rings is 1. The van der Waals surface area contributed by atoms with Crippen molar-refractivity contribution >= 4 is 17.6 Å². The lowest BCUT2D eigenvalue weighted by molar-refractivity contribution is 0.627. The van der Waals surface area contributed by atoms with Gasteiger partial charge in [-0.2, -0.15) is 0 Å². The summed E-state index contributed by atoms with van der Waals surface area (Å²) in [5.41, 5.74) is 2.07. The number of rotatable bonds is 4. The van der Waals surface area contributed by atoms with E-state index in [-0.39, 0.29) is 5.82 Å². The number of thioether (sulfide) groups is 1. The topological polar surface area (TPSA) is 37.8 Å². The molecule has 0 bridgehead atoms. The van der Waals surface area contributed by atoms with Gasteiger partial charge in [0.25, 0.3) is 0 Å². The molecule has 0 aliphatic heterocycles. The van der Waals surface area contributed by atoms with Crippen LogP contribution < -0.4 is 5.32 Å². The van der Waals surface area contributed by atoms with Crippen molar-refractivity contribution in [1.29, 1.82) is 0 Å². The Morgan fingerprint density at radius 1 is 1.28 bits per heavy atom. The molecular weight excluding hydrogens is 249 g/mol. The highest BCUT2D eigenvalue weighted by Gasteiger charge is 2.03. The Bertz CT molecular complexity index is 528. The number of aryl methyl sites for hydroxylation is 1. The van der Waals surface area contributed by atoms with Gasteiger partial charge in [-0.15, -0.1) is 0 Å². The standard InChI is InChI=1S/C13H14FN3S/c1-9-7-16-13(17-12(9)15-2)18-8-10-3-5-11(14)6-4-10/h3-7H,8H2,1-2H3,(H,15,16,17). The molecule has 1 heterocycles. The van der Waals surface area contributed by atoms with Crippen molar-refractivity contribution in [2.45, 2.75) is 17.8 Å². The Kier molecular flexibility index (Phi) is 4.15. The van der Waals surface area contributed by atoms with Crippen LogP contribution in [0.3, 0.4) is 0 Å². The van der Waals surface area contributed by atoms with Gasteiger partial charge in [-0.1, -0.05) is 23.9 Å². The molecule has 0 radical (unpaired) electrons. The van der Waals surface area contributed by atoms with E-state index < -0.39 is 0 Å². The molecule has 0 amide bonds. The van der Waals surface area contributed by atoms with Gasteiger partial charge in [0, 0.05) is 24.6 Å². The smallest absolute Gasteiger partial charge is 0.189 e. The lowest BCUT2D eigenvalue weighted by Crippen LogP contribution is -1.98. The Morgan fingerprint density at radius 3 is 2.67 bits per heavy atom. The van der Waals surface area contributed by atoms with Crippen molar-refractivity contribution in [3.8, 4) is 0 Å². The van der Waals surface area contributed by atoms with E-state index in [1.807, 2.05) is 14.0 Å². The van der Waals surface area contributed by atoms with Crippen LogP contribution in [0.25, 0.3) is 0 Å². The molecule has 0 atom stereocenters. The monoisotopic (exact) mass is 263 g/mol. The van der Waals surface area contributed by atoms with Gasteiger partial charge in [0.05, 0.1) is 0 Å². The molecule has 0 fully saturated rings. The van der Waals surface area contributed by atoms with E-state index in [4.69, 9.17) is 0 Å². The van der Waals surface area contributed by atoms with Crippen molar-refractivity contribution in [3.05, 3.63) is 47.4 Å². The first kappa shape index (κ1) is 12.8. The highest BCUT2D eigenvalue weighted by molar-refractivity contribution is 7.98. The molecule has 0 aliphatic rings. The summed E-state index contributed by atoms with van der Waals surface area (Å²) in [5.74, 6) is 1.35. The van der Waals surface area contributed by atoms with E-state index in [0.29, 0.717) is 5.16 Å². The minimum atomic E-state index is -0.215. The second-order valence-electron chi connectivity index (χ2n) is 3.85. The Balaban J connectivity index is 2.04. The van der Waals surface area contributed by atoms with Crippen molar-refractivity contribution in [3.63, 3.8) is 0 Å². The van der Waals surface area contributed by atoms with Gasteiger partial charge in [-0.25, -0.2) is 14.4 Å². The van der Waals surface area contributed by atoms with Crippen LogP contribution >= 0.6 is 11.8 Å². The van der Waals surface area contributed by atoms with E-state index >= 15 is 0 Å². The van der Waals surface area contributed by atoms with E-state index in [2.05, 4.69) is 15.3 Å². The first-order valence-corrected chi connectivity index (χ1v) is 6.56. The average molecular weight is 263 g/mol. The largest absolute Gasteiger partial charge is 0.373 e. The minimum Gasteiger partial charge on any atom is -0.373 e. The SMILES string of the molecule is CNc1nc(SCc2ccc(F)cc2)ncc1C. The predicted molar refractivity (Wildman–Crippen MR) is 72.3 cm³/mol. The molecule has 0 aliphatic carbocycles. The Morgan fingerprint density at radius 2 is 2.00 bits per heavy atom. The van der Waals surface area contributed by atoms with Crippen LogP contribution in [0.15, 0.2) is 35.6 Å². The third-order valence-corrected chi connectivity index (χ3v) is 3.40. The molecule has 1 aromatic heterocycles. The molecule has 1 N–H and O–H groups in total. The molecule has 1 aromatic carbocycles. The summed E-state index contributed by atoms with van der Waals surface area (Å²) in [6, 6.07) is 6.47. The maximum atomic E-state index is 12.8. The van der Waals surface area contributed by atoms with E-state index in [9.17, 15) is 4.39 Å². The fourth-order valence-electron chi connectivity index (χ4n) is 1.48.